The quantitative estimate of drug-likeness (QED) is 0.440. The molecule has 0 unspecified atom stereocenters. The van der Waals surface area contributed by atoms with Crippen molar-refractivity contribution < 1.29 is 34.5 Å². The Morgan fingerprint density at radius 3 is 2.50 bits per heavy atom. The third-order valence-electron chi connectivity index (χ3n) is 3.55. The number of amides is 1. The molecule has 0 saturated carbocycles. The third-order valence-corrected chi connectivity index (χ3v) is 4.88. The van der Waals surface area contributed by atoms with Crippen molar-refractivity contribution in [3.63, 3.8) is 0 Å². The largest absolute Gasteiger partial charge is 0.488 e. The minimum atomic E-state index is -5.23. The molecule has 1 amide bonds. The van der Waals surface area contributed by atoms with Gasteiger partial charge in [0.05, 0.1) is 35.8 Å². The van der Waals surface area contributed by atoms with Gasteiger partial charge in [-0.2, -0.15) is 21.6 Å². The SMILES string of the molecule is O=C(Cc1csc(-c2ccc(C(F)(F)F)cc2)n1)Nc1cncc(OS(=O)(=O)F)c1. The highest BCUT2D eigenvalue weighted by molar-refractivity contribution is 7.81. The molecule has 0 saturated heterocycles. The van der Waals surface area contributed by atoms with Crippen LogP contribution in [0.3, 0.4) is 0 Å². The van der Waals surface area contributed by atoms with Crippen LogP contribution in [0.25, 0.3) is 10.6 Å². The van der Waals surface area contributed by atoms with Crippen molar-refractivity contribution in [3.8, 4) is 16.3 Å². The van der Waals surface area contributed by atoms with Crippen LogP contribution in [0.5, 0.6) is 5.75 Å². The predicted octanol–water partition coefficient (Wildman–Crippen LogP) is 4.00. The van der Waals surface area contributed by atoms with E-state index in [0.29, 0.717) is 16.3 Å². The number of thiazole rings is 1. The van der Waals surface area contributed by atoms with Crippen LogP contribution in [-0.4, -0.2) is 24.3 Å². The third kappa shape index (κ3) is 5.97. The average molecular weight is 461 g/mol. The Labute approximate surface area is 171 Å². The summed E-state index contributed by atoms with van der Waals surface area (Å²) < 4.78 is 75.5. The van der Waals surface area contributed by atoms with Crippen LogP contribution in [0.4, 0.5) is 22.7 Å². The smallest absolute Gasteiger partial charge is 0.357 e. The molecule has 0 spiro atoms. The number of nitrogens with zero attached hydrogens (tertiary/aromatic N) is 2. The van der Waals surface area contributed by atoms with E-state index in [0.717, 1.165) is 35.7 Å². The second-order valence-corrected chi connectivity index (χ2v) is 7.64. The minimum absolute atomic E-state index is 0.0688. The summed E-state index contributed by atoms with van der Waals surface area (Å²) in [7, 11) is -5.23. The van der Waals surface area contributed by atoms with Gasteiger partial charge in [-0.3, -0.25) is 9.78 Å². The molecule has 0 aliphatic heterocycles. The summed E-state index contributed by atoms with van der Waals surface area (Å²) in [5.74, 6) is -0.949. The van der Waals surface area contributed by atoms with E-state index in [1.54, 1.807) is 5.38 Å². The summed E-state index contributed by atoms with van der Waals surface area (Å²) in [6, 6.07) is 5.55. The molecule has 3 aromatic rings. The van der Waals surface area contributed by atoms with E-state index in [9.17, 15) is 30.3 Å². The summed E-state index contributed by atoms with van der Waals surface area (Å²) >= 11 is 1.16. The Balaban J connectivity index is 1.65. The second kappa shape index (κ2) is 8.36. The van der Waals surface area contributed by atoms with Crippen molar-refractivity contribution in [2.75, 3.05) is 5.32 Å². The maximum absolute atomic E-state index is 12.6. The van der Waals surface area contributed by atoms with Gasteiger partial charge in [0, 0.05) is 17.0 Å². The molecule has 0 aliphatic rings. The van der Waals surface area contributed by atoms with E-state index in [-0.39, 0.29) is 12.1 Å². The molecule has 1 aromatic carbocycles. The van der Waals surface area contributed by atoms with Crippen LogP contribution in [0, 0.1) is 0 Å². The number of alkyl halides is 3. The van der Waals surface area contributed by atoms with E-state index in [4.69, 9.17) is 0 Å². The summed E-state index contributed by atoms with van der Waals surface area (Å²) in [5.41, 5.74) is 0.141. The molecule has 0 bridgehead atoms. The van der Waals surface area contributed by atoms with Gasteiger partial charge in [0.1, 0.15) is 5.01 Å². The Kier molecular flexibility index (Phi) is 6.03. The molecular weight excluding hydrogens is 450 g/mol. The Morgan fingerprint density at radius 2 is 1.87 bits per heavy atom. The number of hydrogen-bond acceptors (Lipinski definition) is 7. The van der Waals surface area contributed by atoms with Gasteiger partial charge < -0.3 is 9.50 Å². The topological polar surface area (TPSA) is 98.2 Å². The normalized spacial score (nSPS) is 11.9. The average Bonchev–Trinajstić information content (AvgIpc) is 3.08. The molecule has 0 radical (unpaired) electrons. The highest BCUT2D eigenvalue weighted by Crippen LogP contribution is 2.31. The first-order valence-corrected chi connectivity index (χ1v) is 10.2. The van der Waals surface area contributed by atoms with E-state index in [2.05, 4.69) is 19.5 Å². The molecule has 0 aliphatic carbocycles. The van der Waals surface area contributed by atoms with Crippen molar-refractivity contribution in [2.45, 2.75) is 12.6 Å². The molecule has 7 nitrogen and oxygen atoms in total. The summed E-state index contributed by atoms with van der Waals surface area (Å²) in [6.45, 7) is 0. The Bertz CT molecular complexity index is 1160. The van der Waals surface area contributed by atoms with Gasteiger partial charge in [-0.1, -0.05) is 16.0 Å². The fourth-order valence-corrected chi connectivity index (χ4v) is 3.49. The summed E-state index contributed by atoms with van der Waals surface area (Å²) in [5, 5.41) is 4.46. The van der Waals surface area contributed by atoms with Gasteiger partial charge >= 0.3 is 16.7 Å². The van der Waals surface area contributed by atoms with Crippen LogP contribution in [-0.2, 0) is 27.9 Å². The molecule has 2 heterocycles. The van der Waals surface area contributed by atoms with Gasteiger partial charge in [0.25, 0.3) is 0 Å². The van der Waals surface area contributed by atoms with Gasteiger partial charge in [0.2, 0.25) is 5.91 Å². The number of anilines is 1. The zero-order valence-corrected chi connectivity index (χ0v) is 16.3. The standard InChI is InChI=1S/C17H11F4N3O4S2/c18-17(19,20)11-3-1-10(2-4-11)16-24-13(9-29-16)6-15(25)23-12-5-14(8-22-7-12)28-30(21,26)27/h1-5,7-9H,6H2,(H,23,25). The molecular formula is C17H11F4N3O4S2. The zero-order valence-electron chi connectivity index (χ0n) is 14.7. The van der Waals surface area contributed by atoms with Gasteiger partial charge in [-0.05, 0) is 12.1 Å². The highest BCUT2D eigenvalue weighted by atomic mass is 32.3. The lowest BCUT2D eigenvalue weighted by molar-refractivity contribution is -0.137. The van der Waals surface area contributed by atoms with Gasteiger partial charge in [-0.15, -0.1) is 11.3 Å². The lowest BCUT2D eigenvalue weighted by atomic mass is 10.1. The van der Waals surface area contributed by atoms with Crippen molar-refractivity contribution in [2.24, 2.45) is 0 Å². The molecule has 3 rings (SSSR count). The van der Waals surface area contributed by atoms with Crippen LogP contribution in [0.2, 0.25) is 0 Å². The maximum atomic E-state index is 12.6. The summed E-state index contributed by atoms with van der Waals surface area (Å²) in [4.78, 5) is 20.0. The van der Waals surface area contributed by atoms with Crippen molar-refractivity contribution in [1.82, 2.24) is 9.97 Å². The number of aromatic nitrogens is 2. The fourth-order valence-electron chi connectivity index (χ4n) is 2.34. The van der Waals surface area contributed by atoms with Crippen LogP contribution in [0.15, 0.2) is 48.1 Å². The van der Waals surface area contributed by atoms with E-state index >= 15 is 0 Å². The molecule has 0 atom stereocenters. The first-order valence-electron chi connectivity index (χ1n) is 8.00. The summed E-state index contributed by atoms with van der Waals surface area (Å²) in [6.07, 6.45) is -2.45. The Morgan fingerprint density at radius 1 is 1.17 bits per heavy atom. The molecule has 30 heavy (non-hydrogen) atoms. The van der Waals surface area contributed by atoms with Crippen molar-refractivity contribution >= 4 is 33.4 Å². The Hall–Kier alpha value is -3.06. The van der Waals surface area contributed by atoms with Gasteiger partial charge in [-0.25, -0.2) is 4.98 Å². The second-order valence-electron chi connectivity index (χ2n) is 5.83. The molecule has 158 valence electrons. The zero-order chi connectivity index (χ0) is 21.9. The highest BCUT2D eigenvalue weighted by Gasteiger charge is 2.30. The lowest BCUT2D eigenvalue weighted by Crippen LogP contribution is -2.15. The number of nitrogens with one attached hydrogen (secondary N) is 1. The monoisotopic (exact) mass is 461 g/mol. The van der Waals surface area contributed by atoms with Crippen LogP contribution in [0.1, 0.15) is 11.3 Å². The maximum Gasteiger partial charge on any atom is 0.488 e. The number of benzene rings is 1. The number of rotatable bonds is 6. The first kappa shape index (κ1) is 21.6. The first-order chi connectivity index (χ1) is 14.0. The minimum Gasteiger partial charge on any atom is -0.357 e. The van der Waals surface area contributed by atoms with E-state index in [1.165, 1.54) is 18.3 Å². The van der Waals surface area contributed by atoms with E-state index in [1.807, 2.05) is 0 Å². The van der Waals surface area contributed by atoms with Crippen LogP contribution >= 0.6 is 11.3 Å². The van der Waals surface area contributed by atoms with Gasteiger partial charge in [0.15, 0.2) is 5.75 Å². The molecule has 0 fully saturated rings. The number of carbonyl (C=O) groups is 1. The fraction of sp³-hybridized carbons (Fsp3) is 0.118. The number of hydrogen-bond donors (Lipinski definition) is 1. The number of carbonyl (C=O) groups excluding carboxylic acids is 1. The van der Waals surface area contributed by atoms with Crippen LogP contribution < -0.4 is 9.50 Å². The molecule has 1 N–H and O–H groups in total. The predicted molar refractivity (Wildman–Crippen MR) is 99.8 cm³/mol. The molecule has 13 heteroatoms. The number of pyridine rings is 1. The van der Waals surface area contributed by atoms with E-state index < -0.39 is 33.9 Å². The van der Waals surface area contributed by atoms with Crippen molar-refractivity contribution in [3.05, 3.63) is 59.4 Å². The molecule has 2 aromatic heterocycles. The number of halogens is 4. The van der Waals surface area contributed by atoms with Crippen molar-refractivity contribution in [1.29, 1.82) is 0 Å². The lowest BCUT2D eigenvalue weighted by Gasteiger charge is -2.06.